The van der Waals surface area contributed by atoms with E-state index >= 15 is 0 Å². The van der Waals surface area contributed by atoms with E-state index < -0.39 is 0 Å². The first-order valence-corrected chi connectivity index (χ1v) is 23.9. The minimum Gasteiger partial charge on any atom is -0.456 e. The van der Waals surface area contributed by atoms with E-state index in [0.717, 1.165) is 33.3 Å². The third-order valence-electron chi connectivity index (χ3n) is 14.7. The molecule has 1 aliphatic carbocycles. The molecule has 316 valence electrons. The van der Waals surface area contributed by atoms with Crippen LogP contribution < -0.4 is 25.5 Å². The fourth-order valence-electron chi connectivity index (χ4n) is 11.2. The molecule has 7 aromatic carbocycles. The van der Waals surface area contributed by atoms with Crippen LogP contribution in [0.25, 0.3) is 43.2 Å². The second-order valence-corrected chi connectivity index (χ2v) is 23.3. The lowest BCUT2D eigenvalue weighted by molar-refractivity contribution is 0.590. The monoisotopic (exact) mass is 850 g/mol. The maximum Gasteiger partial charge on any atom is 0.264 e. The van der Waals surface area contributed by atoms with E-state index in [0.29, 0.717) is 0 Å². The molecule has 0 spiro atoms. The average molecular weight is 851 g/mol. The van der Waals surface area contributed by atoms with Gasteiger partial charge >= 0.3 is 0 Å². The van der Waals surface area contributed by atoms with Crippen LogP contribution in [0.15, 0.2) is 138 Å². The average Bonchev–Trinajstić information content (AvgIpc) is 3.89. The summed E-state index contributed by atoms with van der Waals surface area (Å²) in [5.74, 6) is 0. The molecule has 0 unspecified atom stereocenters. The van der Waals surface area contributed by atoms with Gasteiger partial charge in [0, 0.05) is 54.5 Å². The fraction of sp³-hybridized carbons (Fsp3) is 0.254. The van der Waals surface area contributed by atoms with E-state index in [9.17, 15) is 0 Å². The van der Waals surface area contributed by atoms with E-state index in [1.165, 1.54) is 87.5 Å². The van der Waals surface area contributed by atoms with Crippen molar-refractivity contribution in [1.82, 2.24) is 0 Å². The van der Waals surface area contributed by atoms with Crippen molar-refractivity contribution in [2.75, 3.05) is 9.80 Å². The van der Waals surface area contributed by atoms with Crippen LogP contribution in [0.4, 0.5) is 34.1 Å². The third kappa shape index (κ3) is 5.52. The van der Waals surface area contributed by atoms with Crippen molar-refractivity contribution in [3.63, 3.8) is 0 Å². The van der Waals surface area contributed by atoms with Gasteiger partial charge in [0.25, 0.3) is 6.71 Å². The summed E-state index contributed by atoms with van der Waals surface area (Å²) in [5.41, 5.74) is 21.1. The van der Waals surface area contributed by atoms with Gasteiger partial charge in [-0.05, 0) is 115 Å². The van der Waals surface area contributed by atoms with Crippen molar-refractivity contribution in [2.45, 2.75) is 97.8 Å². The van der Waals surface area contributed by atoms with Gasteiger partial charge < -0.3 is 14.2 Å². The number of furan rings is 1. The first-order valence-electron chi connectivity index (χ1n) is 23.0. The molecule has 0 atom stereocenters. The smallest absolute Gasteiger partial charge is 0.264 e. The van der Waals surface area contributed by atoms with Gasteiger partial charge in [-0.25, -0.2) is 0 Å². The third-order valence-corrected chi connectivity index (χ3v) is 15.9. The Bertz CT molecular complexity index is 3420. The molecular weight excluding hydrogens is 796 g/mol. The van der Waals surface area contributed by atoms with Crippen LogP contribution in [0.1, 0.15) is 104 Å². The Morgan fingerprint density at radius 2 is 1.12 bits per heavy atom. The number of hydrogen-bond donors (Lipinski definition) is 0. The van der Waals surface area contributed by atoms with E-state index in [1.54, 1.807) is 0 Å². The number of hydrogen-bond acceptors (Lipinski definition) is 4. The molecule has 2 aromatic heterocycles. The Kier molecular flexibility index (Phi) is 8.06. The minimum absolute atomic E-state index is 0.0157. The zero-order valence-electron chi connectivity index (χ0n) is 39.0. The highest BCUT2D eigenvalue weighted by molar-refractivity contribution is 7.33. The van der Waals surface area contributed by atoms with Crippen LogP contribution in [-0.2, 0) is 21.7 Å². The molecule has 0 N–H and O–H groups in total. The minimum atomic E-state index is -0.104. The van der Waals surface area contributed by atoms with Crippen LogP contribution in [0.2, 0.25) is 0 Å². The van der Waals surface area contributed by atoms with E-state index in [4.69, 9.17) is 4.42 Å². The number of benzene rings is 7. The summed E-state index contributed by atoms with van der Waals surface area (Å²) >= 11 is 2.00. The van der Waals surface area contributed by atoms with E-state index in [2.05, 4.69) is 219 Å². The predicted molar refractivity (Wildman–Crippen MR) is 277 cm³/mol. The lowest BCUT2D eigenvalue weighted by atomic mass is 9.36. The summed E-state index contributed by atoms with van der Waals surface area (Å²) in [4.78, 5) is 5.17. The summed E-state index contributed by atoms with van der Waals surface area (Å²) < 4.78 is 9.72. The second kappa shape index (κ2) is 13.0. The lowest BCUT2D eigenvalue weighted by Gasteiger charge is -2.44. The standard InChI is InChI=1S/C59H55BN2OS/c1-56(2,3)34-20-25-37(26-21-34)61-46-29-24-36(58(7,8)9)30-45(46)60-52-47(61)33-49-51(40-17-13-15-19-48(40)63-49)54(52)62(38-27-22-35(23-28-38)57(4,5)6)53-42-31-41-39-16-12-14-18-43(39)59(10,11)44(41)32-50(42)64-55(53)60/h12-33H,1-11H3. The van der Waals surface area contributed by atoms with Gasteiger partial charge in [0.1, 0.15) is 11.2 Å². The number of nitrogens with zero attached hydrogens (tertiary/aromatic N) is 2. The topological polar surface area (TPSA) is 19.6 Å². The van der Waals surface area contributed by atoms with Gasteiger partial charge in [0.05, 0.1) is 16.8 Å². The fourth-order valence-corrected chi connectivity index (χ4v) is 12.5. The van der Waals surface area contributed by atoms with Gasteiger partial charge in [-0.1, -0.05) is 155 Å². The SMILES string of the molecule is CC(C)(C)c1ccc(N2c3ccc(C(C)(C)C)cc3B3c4sc5cc6c(cc5c4N(c4ccc(C(C)(C)C)cc4)c4c3c2cc2oc3ccccc3c42)-c2ccccc2C6(C)C)cc1. The molecule has 3 aliphatic rings. The van der Waals surface area contributed by atoms with Gasteiger partial charge in [-0.3, -0.25) is 0 Å². The lowest BCUT2D eigenvalue weighted by Crippen LogP contribution is -2.60. The maximum atomic E-state index is 7.00. The molecule has 0 bridgehead atoms. The molecule has 9 aromatic rings. The van der Waals surface area contributed by atoms with Gasteiger partial charge in [-0.2, -0.15) is 0 Å². The molecule has 0 saturated carbocycles. The highest BCUT2D eigenvalue weighted by Gasteiger charge is 2.48. The first kappa shape index (κ1) is 39.5. The molecule has 64 heavy (non-hydrogen) atoms. The molecule has 4 heterocycles. The molecule has 0 radical (unpaired) electrons. The molecule has 5 heteroatoms. The van der Waals surface area contributed by atoms with Crippen molar-refractivity contribution in [1.29, 1.82) is 0 Å². The summed E-state index contributed by atoms with van der Waals surface area (Å²) in [5, 5.41) is 3.60. The van der Waals surface area contributed by atoms with Crippen LogP contribution >= 0.6 is 11.3 Å². The van der Waals surface area contributed by atoms with Crippen molar-refractivity contribution < 1.29 is 4.42 Å². The van der Waals surface area contributed by atoms with E-state index in [1.807, 2.05) is 11.3 Å². The number of rotatable bonds is 2. The van der Waals surface area contributed by atoms with Gasteiger partial charge in [-0.15, -0.1) is 11.3 Å². The zero-order chi connectivity index (χ0) is 44.4. The summed E-state index contributed by atoms with van der Waals surface area (Å²) in [6, 6.07) is 51.2. The van der Waals surface area contributed by atoms with Crippen molar-refractivity contribution in [3.05, 3.63) is 161 Å². The number of para-hydroxylation sites is 1. The van der Waals surface area contributed by atoms with Gasteiger partial charge in [0.15, 0.2) is 0 Å². The predicted octanol–water partition coefficient (Wildman–Crippen LogP) is 15.1. The first-order chi connectivity index (χ1) is 30.4. The Morgan fingerprint density at radius 3 is 1.80 bits per heavy atom. The number of anilines is 6. The second-order valence-electron chi connectivity index (χ2n) is 22.2. The highest BCUT2D eigenvalue weighted by Crippen LogP contribution is 2.55. The molecule has 2 aliphatic heterocycles. The Morgan fingerprint density at radius 1 is 0.516 bits per heavy atom. The van der Waals surface area contributed by atoms with E-state index in [-0.39, 0.29) is 28.4 Å². The van der Waals surface area contributed by atoms with Crippen molar-refractivity contribution in [2.24, 2.45) is 0 Å². The van der Waals surface area contributed by atoms with Crippen LogP contribution in [0.5, 0.6) is 0 Å². The molecule has 0 fully saturated rings. The quantitative estimate of drug-likeness (QED) is 0.162. The highest BCUT2D eigenvalue weighted by atomic mass is 32.1. The van der Waals surface area contributed by atoms with Crippen molar-refractivity contribution in [3.8, 4) is 11.1 Å². The van der Waals surface area contributed by atoms with Crippen LogP contribution in [0.3, 0.4) is 0 Å². The Hall–Kier alpha value is -6.04. The summed E-state index contributed by atoms with van der Waals surface area (Å²) in [6.07, 6.45) is 0. The van der Waals surface area contributed by atoms with Crippen LogP contribution in [0, 0.1) is 0 Å². The number of fused-ring (bicyclic) bond motifs is 13. The van der Waals surface area contributed by atoms with Crippen LogP contribution in [-0.4, -0.2) is 6.71 Å². The summed E-state index contributed by atoms with van der Waals surface area (Å²) in [7, 11) is 0. The zero-order valence-corrected chi connectivity index (χ0v) is 39.8. The largest absolute Gasteiger partial charge is 0.456 e. The molecule has 0 amide bonds. The Balaban J connectivity index is 1.25. The van der Waals surface area contributed by atoms with Gasteiger partial charge in [0.2, 0.25) is 0 Å². The normalized spacial score (nSPS) is 15.1. The summed E-state index contributed by atoms with van der Waals surface area (Å²) in [6.45, 7) is 25.6. The number of thiophene rings is 1. The maximum absolute atomic E-state index is 7.00. The molecule has 0 saturated heterocycles. The Labute approximate surface area is 382 Å². The van der Waals surface area contributed by atoms with Crippen molar-refractivity contribution >= 4 is 99.9 Å². The molecule has 3 nitrogen and oxygen atoms in total. The molecule has 12 rings (SSSR count). The molecular formula is C59H55BN2OS.